The zero-order valence-corrected chi connectivity index (χ0v) is 15.6. The first-order valence-corrected chi connectivity index (χ1v) is 9.77. The molecule has 1 aromatic carbocycles. The second-order valence-electron chi connectivity index (χ2n) is 7.96. The van der Waals surface area contributed by atoms with Crippen molar-refractivity contribution in [2.75, 3.05) is 44.9 Å². The van der Waals surface area contributed by atoms with Crippen LogP contribution in [0.2, 0.25) is 0 Å². The van der Waals surface area contributed by atoms with Gasteiger partial charge in [-0.25, -0.2) is 4.98 Å². The van der Waals surface area contributed by atoms with Crippen molar-refractivity contribution in [2.45, 2.75) is 31.8 Å². The minimum Gasteiger partial charge on any atom is -0.497 e. The van der Waals surface area contributed by atoms with Crippen LogP contribution in [0.15, 0.2) is 24.3 Å². The number of fused-ring (bicyclic) bond motifs is 2. The summed E-state index contributed by atoms with van der Waals surface area (Å²) in [5, 5.41) is 1.20. The Balaban J connectivity index is 1.41. The number of pyridine rings is 1. The molecule has 3 heterocycles. The standard InChI is InChI=1S/C21H27N3O2/c1-14-9-21(22-19-10-17(25-2)5-6-18(14)19)23-7-8-24-16(11-23)12-26-13-20(24)15-3-4-15/h5-6,9-10,15-16,20H,3-4,7-8,11-13H2,1-2H3/t16-,20-/m1/s1. The van der Waals surface area contributed by atoms with E-state index in [1.807, 2.05) is 12.1 Å². The zero-order valence-electron chi connectivity index (χ0n) is 15.6. The molecular weight excluding hydrogens is 326 g/mol. The van der Waals surface area contributed by atoms with Crippen molar-refractivity contribution in [1.29, 1.82) is 0 Å². The topological polar surface area (TPSA) is 37.8 Å². The monoisotopic (exact) mass is 353 g/mol. The third-order valence-electron chi connectivity index (χ3n) is 6.25. The van der Waals surface area contributed by atoms with Gasteiger partial charge in [-0.2, -0.15) is 0 Å². The minimum atomic E-state index is 0.492. The van der Waals surface area contributed by atoms with Crippen LogP contribution < -0.4 is 9.64 Å². The van der Waals surface area contributed by atoms with E-state index in [9.17, 15) is 0 Å². The van der Waals surface area contributed by atoms with Crippen LogP contribution in [-0.2, 0) is 4.74 Å². The Hall–Kier alpha value is -1.85. The molecule has 0 amide bonds. The predicted octanol–water partition coefficient (Wildman–Crippen LogP) is 2.85. The molecule has 3 fully saturated rings. The summed E-state index contributed by atoms with van der Waals surface area (Å²) in [5.41, 5.74) is 2.28. The lowest BCUT2D eigenvalue weighted by Crippen LogP contribution is -2.62. The summed E-state index contributed by atoms with van der Waals surface area (Å²) in [4.78, 5) is 10.1. The van der Waals surface area contributed by atoms with Crippen LogP contribution >= 0.6 is 0 Å². The lowest BCUT2D eigenvalue weighted by atomic mass is 10.0. The molecule has 26 heavy (non-hydrogen) atoms. The van der Waals surface area contributed by atoms with Crippen molar-refractivity contribution in [3.05, 3.63) is 29.8 Å². The molecule has 1 aliphatic carbocycles. The molecule has 0 bridgehead atoms. The molecule has 138 valence electrons. The summed E-state index contributed by atoms with van der Waals surface area (Å²) in [5.74, 6) is 2.81. The number of hydrogen-bond acceptors (Lipinski definition) is 5. The third kappa shape index (κ3) is 2.83. The van der Waals surface area contributed by atoms with Crippen LogP contribution in [0.25, 0.3) is 10.9 Å². The summed E-state index contributed by atoms with van der Waals surface area (Å²) in [7, 11) is 1.70. The van der Waals surface area contributed by atoms with Crippen LogP contribution in [0, 0.1) is 12.8 Å². The maximum Gasteiger partial charge on any atom is 0.129 e. The maximum absolute atomic E-state index is 5.96. The predicted molar refractivity (Wildman–Crippen MR) is 103 cm³/mol. The molecule has 2 atom stereocenters. The summed E-state index contributed by atoms with van der Waals surface area (Å²) in [6, 6.07) is 9.51. The number of methoxy groups -OCH3 is 1. The van der Waals surface area contributed by atoms with Gasteiger partial charge in [-0.3, -0.25) is 4.90 Å². The molecule has 5 rings (SSSR count). The minimum absolute atomic E-state index is 0.492. The molecule has 3 aliphatic rings. The van der Waals surface area contributed by atoms with Crippen molar-refractivity contribution in [3.63, 3.8) is 0 Å². The highest BCUT2D eigenvalue weighted by atomic mass is 16.5. The number of rotatable bonds is 3. The zero-order chi connectivity index (χ0) is 17.7. The highest BCUT2D eigenvalue weighted by molar-refractivity contribution is 5.85. The van der Waals surface area contributed by atoms with Gasteiger partial charge in [-0.05, 0) is 49.4 Å². The van der Waals surface area contributed by atoms with E-state index < -0.39 is 0 Å². The van der Waals surface area contributed by atoms with E-state index in [1.54, 1.807) is 7.11 Å². The Morgan fingerprint density at radius 1 is 1.15 bits per heavy atom. The summed E-state index contributed by atoms with van der Waals surface area (Å²) in [6.45, 7) is 7.11. The van der Waals surface area contributed by atoms with Gasteiger partial charge < -0.3 is 14.4 Å². The quantitative estimate of drug-likeness (QED) is 0.848. The van der Waals surface area contributed by atoms with Gasteiger partial charge in [-0.1, -0.05) is 0 Å². The molecule has 5 heteroatoms. The van der Waals surface area contributed by atoms with Crippen LogP contribution in [0.1, 0.15) is 18.4 Å². The van der Waals surface area contributed by atoms with Gasteiger partial charge in [0.1, 0.15) is 11.6 Å². The van der Waals surface area contributed by atoms with Gasteiger partial charge in [0.05, 0.1) is 31.9 Å². The molecule has 0 N–H and O–H groups in total. The second-order valence-corrected chi connectivity index (χ2v) is 7.96. The van der Waals surface area contributed by atoms with Gasteiger partial charge in [0, 0.05) is 37.1 Å². The first-order valence-electron chi connectivity index (χ1n) is 9.77. The van der Waals surface area contributed by atoms with Crippen LogP contribution in [0.4, 0.5) is 5.82 Å². The molecule has 2 saturated heterocycles. The number of morpholine rings is 1. The van der Waals surface area contributed by atoms with Crippen LogP contribution in [-0.4, -0.2) is 61.9 Å². The fourth-order valence-corrected chi connectivity index (χ4v) is 4.62. The molecule has 1 aromatic heterocycles. The Morgan fingerprint density at radius 3 is 2.85 bits per heavy atom. The Labute approximate surface area is 154 Å². The number of aromatic nitrogens is 1. The van der Waals surface area contributed by atoms with Gasteiger partial charge in [0.25, 0.3) is 0 Å². The highest BCUT2D eigenvalue weighted by Crippen LogP contribution is 2.38. The van der Waals surface area contributed by atoms with Crippen molar-refractivity contribution in [3.8, 4) is 5.75 Å². The number of hydrogen-bond donors (Lipinski definition) is 0. The van der Waals surface area contributed by atoms with Crippen molar-refractivity contribution in [1.82, 2.24) is 9.88 Å². The summed E-state index contributed by atoms with van der Waals surface area (Å²) in [6.07, 6.45) is 2.77. The van der Waals surface area contributed by atoms with Crippen LogP contribution in [0.3, 0.4) is 0 Å². The average molecular weight is 353 g/mol. The molecular formula is C21H27N3O2. The van der Waals surface area contributed by atoms with E-state index in [2.05, 4.69) is 28.9 Å². The van der Waals surface area contributed by atoms with Crippen molar-refractivity contribution in [2.24, 2.45) is 5.92 Å². The first-order chi connectivity index (χ1) is 12.7. The van der Waals surface area contributed by atoms with E-state index in [1.165, 1.54) is 23.8 Å². The molecule has 0 radical (unpaired) electrons. The largest absolute Gasteiger partial charge is 0.497 e. The van der Waals surface area contributed by atoms with E-state index in [-0.39, 0.29) is 0 Å². The van der Waals surface area contributed by atoms with E-state index in [0.717, 1.165) is 55.9 Å². The smallest absolute Gasteiger partial charge is 0.129 e. The number of anilines is 1. The molecule has 1 saturated carbocycles. The first kappa shape index (κ1) is 16.3. The third-order valence-corrected chi connectivity index (χ3v) is 6.25. The van der Waals surface area contributed by atoms with Gasteiger partial charge >= 0.3 is 0 Å². The number of ether oxygens (including phenoxy) is 2. The molecule has 5 nitrogen and oxygen atoms in total. The summed E-state index contributed by atoms with van der Waals surface area (Å²) < 4.78 is 11.3. The van der Waals surface area contributed by atoms with E-state index >= 15 is 0 Å². The van der Waals surface area contributed by atoms with Gasteiger partial charge in [-0.15, -0.1) is 0 Å². The van der Waals surface area contributed by atoms with Gasteiger partial charge in [0.2, 0.25) is 0 Å². The normalized spacial score (nSPS) is 26.8. The Morgan fingerprint density at radius 2 is 2.04 bits per heavy atom. The number of piperazine rings is 1. The molecule has 0 unspecified atom stereocenters. The van der Waals surface area contributed by atoms with Crippen molar-refractivity contribution < 1.29 is 9.47 Å². The highest BCUT2D eigenvalue weighted by Gasteiger charge is 2.43. The molecule has 2 aliphatic heterocycles. The number of aryl methyl sites for hydroxylation is 1. The number of benzene rings is 1. The fraction of sp³-hybridized carbons (Fsp3) is 0.571. The lowest BCUT2D eigenvalue weighted by Gasteiger charge is -2.48. The van der Waals surface area contributed by atoms with E-state index in [4.69, 9.17) is 14.5 Å². The SMILES string of the molecule is COc1ccc2c(C)cc(N3CCN4[C@@H](COC[C@@H]4C4CC4)C3)nc2c1. The number of nitrogens with zero attached hydrogens (tertiary/aromatic N) is 3. The van der Waals surface area contributed by atoms with Crippen molar-refractivity contribution >= 4 is 16.7 Å². The lowest BCUT2D eigenvalue weighted by molar-refractivity contribution is -0.0603. The molecule has 0 spiro atoms. The second kappa shape index (κ2) is 6.39. The maximum atomic E-state index is 5.96. The Kier molecular flexibility index (Phi) is 4.02. The average Bonchev–Trinajstić information content (AvgIpc) is 3.51. The van der Waals surface area contributed by atoms with Crippen LogP contribution in [0.5, 0.6) is 5.75 Å². The van der Waals surface area contributed by atoms with Gasteiger partial charge in [0.15, 0.2) is 0 Å². The Bertz CT molecular complexity index is 820. The molecule has 2 aromatic rings. The summed E-state index contributed by atoms with van der Waals surface area (Å²) >= 11 is 0. The van der Waals surface area contributed by atoms with E-state index in [0.29, 0.717) is 12.1 Å². The fourth-order valence-electron chi connectivity index (χ4n) is 4.62.